The van der Waals surface area contributed by atoms with E-state index in [0.29, 0.717) is 5.92 Å². The first-order chi connectivity index (χ1) is 10.8. The van der Waals surface area contributed by atoms with Gasteiger partial charge in [-0.2, -0.15) is 0 Å². The summed E-state index contributed by atoms with van der Waals surface area (Å²) in [6, 6.07) is 17.6. The van der Waals surface area contributed by atoms with Gasteiger partial charge >= 0.3 is 0 Å². The molecule has 2 aromatic carbocycles. The van der Waals surface area contributed by atoms with Crippen molar-refractivity contribution in [2.75, 3.05) is 6.54 Å². The first-order valence-corrected chi connectivity index (χ1v) is 8.14. The summed E-state index contributed by atoms with van der Waals surface area (Å²) in [5.74, 6) is 7.33. The zero-order valence-electron chi connectivity index (χ0n) is 13.4. The Bertz CT molecular complexity index is 703. The van der Waals surface area contributed by atoms with Gasteiger partial charge in [0, 0.05) is 18.5 Å². The van der Waals surface area contributed by atoms with Crippen molar-refractivity contribution in [3.63, 3.8) is 0 Å². The van der Waals surface area contributed by atoms with Crippen molar-refractivity contribution in [2.45, 2.75) is 32.7 Å². The van der Waals surface area contributed by atoms with E-state index in [4.69, 9.17) is 0 Å². The number of rotatable bonds is 2. The van der Waals surface area contributed by atoms with E-state index in [9.17, 15) is 0 Å². The number of hydrogen-bond donors (Lipinski definition) is 1. The molecule has 2 aromatic rings. The highest BCUT2D eigenvalue weighted by Gasteiger charge is 2.22. The van der Waals surface area contributed by atoms with Crippen molar-refractivity contribution in [1.82, 2.24) is 5.32 Å². The molecule has 1 aliphatic rings. The van der Waals surface area contributed by atoms with Crippen LogP contribution in [0.25, 0.3) is 0 Å². The van der Waals surface area contributed by atoms with Crippen LogP contribution in [-0.4, -0.2) is 6.54 Å². The van der Waals surface area contributed by atoms with E-state index in [1.54, 1.807) is 0 Å². The third kappa shape index (κ3) is 3.24. The predicted molar refractivity (Wildman–Crippen MR) is 92.8 cm³/mol. The molecule has 0 spiro atoms. The average molecular weight is 289 g/mol. The van der Waals surface area contributed by atoms with Gasteiger partial charge in [0.25, 0.3) is 0 Å². The van der Waals surface area contributed by atoms with Crippen molar-refractivity contribution in [2.24, 2.45) is 5.92 Å². The van der Waals surface area contributed by atoms with Crippen LogP contribution in [0.5, 0.6) is 0 Å². The van der Waals surface area contributed by atoms with Crippen LogP contribution < -0.4 is 5.32 Å². The SMILES string of the molecule is CC(C)CC#Cc1ccccc1C1NCCc2ccccc21. The third-order valence-electron chi connectivity index (χ3n) is 4.11. The standard InChI is InChI=1S/C21H23N/c1-16(2)8-7-11-17-9-3-5-12-19(17)21-20-13-6-4-10-18(20)14-15-22-21/h3-6,9-10,12-13,16,21-22H,8,14-15H2,1-2H3. The van der Waals surface area contributed by atoms with Gasteiger partial charge < -0.3 is 5.32 Å². The second-order valence-corrected chi connectivity index (χ2v) is 6.32. The molecule has 1 atom stereocenters. The molecule has 0 fully saturated rings. The lowest BCUT2D eigenvalue weighted by Crippen LogP contribution is -2.31. The molecule has 0 aromatic heterocycles. The topological polar surface area (TPSA) is 12.0 Å². The average Bonchev–Trinajstić information content (AvgIpc) is 2.54. The van der Waals surface area contributed by atoms with Gasteiger partial charge in [-0.15, -0.1) is 0 Å². The van der Waals surface area contributed by atoms with Crippen molar-refractivity contribution in [3.8, 4) is 11.8 Å². The summed E-state index contributed by atoms with van der Waals surface area (Å²) < 4.78 is 0. The summed E-state index contributed by atoms with van der Waals surface area (Å²) in [6.07, 6.45) is 2.05. The van der Waals surface area contributed by atoms with Gasteiger partial charge in [0.05, 0.1) is 6.04 Å². The predicted octanol–water partition coefficient (Wildman–Crippen LogP) is 4.32. The molecule has 0 saturated carbocycles. The molecule has 3 rings (SSSR count). The van der Waals surface area contributed by atoms with E-state index in [-0.39, 0.29) is 6.04 Å². The lowest BCUT2D eigenvalue weighted by molar-refractivity contribution is 0.567. The minimum atomic E-state index is 0.259. The summed E-state index contributed by atoms with van der Waals surface area (Å²) in [6.45, 7) is 5.44. The van der Waals surface area contributed by atoms with E-state index in [1.165, 1.54) is 16.7 Å². The fourth-order valence-corrected chi connectivity index (χ4v) is 3.00. The van der Waals surface area contributed by atoms with E-state index in [1.807, 2.05) is 0 Å². The van der Waals surface area contributed by atoms with Crippen molar-refractivity contribution in [1.29, 1.82) is 0 Å². The molecule has 1 nitrogen and oxygen atoms in total. The Morgan fingerprint density at radius 2 is 1.77 bits per heavy atom. The Morgan fingerprint density at radius 3 is 2.59 bits per heavy atom. The van der Waals surface area contributed by atoms with Crippen molar-refractivity contribution < 1.29 is 0 Å². The van der Waals surface area contributed by atoms with E-state index < -0.39 is 0 Å². The minimum absolute atomic E-state index is 0.259. The molecule has 0 aliphatic carbocycles. The van der Waals surface area contributed by atoms with E-state index in [2.05, 4.69) is 79.5 Å². The second-order valence-electron chi connectivity index (χ2n) is 6.32. The molecule has 1 heteroatoms. The molecule has 1 aliphatic heterocycles. The summed E-state index contributed by atoms with van der Waals surface area (Å²) in [5.41, 5.74) is 5.30. The van der Waals surface area contributed by atoms with Crippen LogP contribution in [-0.2, 0) is 6.42 Å². The Labute approximate surface area is 133 Å². The zero-order valence-corrected chi connectivity index (χ0v) is 13.4. The van der Waals surface area contributed by atoms with Crippen molar-refractivity contribution >= 4 is 0 Å². The summed E-state index contributed by atoms with van der Waals surface area (Å²) in [5, 5.41) is 3.66. The molecule has 0 saturated heterocycles. The van der Waals surface area contributed by atoms with Crippen LogP contribution in [0.1, 0.15) is 48.6 Å². The maximum absolute atomic E-state index is 3.66. The first kappa shape index (κ1) is 14.9. The molecule has 0 amide bonds. The summed E-state index contributed by atoms with van der Waals surface area (Å²) >= 11 is 0. The Hall–Kier alpha value is -2.04. The highest BCUT2D eigenvalue weighted by atomic mass is 14.9. The summed E-state index contributed by atoms with van der Waals surface area (Å²) in [7, 11) is 0. The minimum Gasteiger partial charge on any atom is -0.306 e. The first-order valence-electron chi connectivity index (χ1n) is 8.14. The van der Waals surface area contributed by atoms with Gasteiger partial charge in [-0.05, 0) is 35.1 Å². The molecule has 1 heterocycles. The van der Waals surface area contributed by atoms with Crippen LogP contribution in [0.2, 0.25) is 0 Å². The maximum atomic E-state index is 3.66. The Kier molecular flexibility index (Phi) is 4.61. The van der Waals surface area contributed by atoms with Gasteiger partial charge in [0.15, 0.2) is 0 Å². The highest BCUT2D eigenvalue weighted by molar-refractivity contribution is 5.48. The number of benzene rings is 2. The van der Waals surface area contributed by atoms with Gasteiger partial charge in [-0.25, -0.2) is 0 Å². The fraction of sp³-hybridized carbons (Fsp3) is 0.333. The summed E-state index contributed by atoms with van der Waals surface area (Å²) in [4.78, 5) is 0. The molecular formula is C21H23N. The van der Waals surface area contributed by atoms with Crippen LogP contribution in [0, 0.1) is 17.8 Å². The number of fused-ring (bicyclic) bond motifs is 1. The zero-order chi connectivity index (χ0) is 15.4. The smallest absolute Gasteiger partial charge is 0.0591 e. The highest BCUT2D eigenvalue weighted by Crippen LogP contribution is 2.30. The fourth-order valence-electron chi connectivity index (χ4n) is 3.00. The van der Waals surface area contributed by atoms with Gasteiger partial charge in [0.1, 0.15) is 0 Å². The second kappa shape index (κ2) is 6.81. The Morgan fingerprint density at radius 1 is 1.05 bits per heavy atom. The van der Waals surface area contributed by atoms with Gasteiger partial charge in [0.2, 0.25) is 0 Å². The lowest BCUT2D eigenvalue weighted by atomic mass is 9.88. The largest absolute Gasteiger partial charge is 0.306 e. The van der Waals surface area contributed by atoms with Crippen LogP contribution in [0.15, 0.2) is 48.5 Å². The molecule has 0 bridgehead atoms. The monoisotopic (exact) mass is 289 g/mol. The number of nitrogens with one attached hydrogen (secondary N) is 1. The van der Waals surface area contributed by atoms with Crippen molar-refractivity contribution in [3.05, 3.63) is 70.8 Å². The molecule has 22 heavy (non-hydrogen) atoms. The quantitative estimate of drug-likeness (QED) is 0.812. The molecule has 1 N–H and O–H groups in total. The molecule has 1 unspecified atom stereocenters. The lowest BCUT2D eigenvalue weighted by Gasteiger charge is -2.28. The van der Waals surface area contributed by atoms with E-state index >= 15 is 0 Å². The van der Waals surface area contributed by atoms with E-state index in [0.717, 1.165) is 24.9 Å². The van der Waals surface area contributed by atoms with Gasteiger partial charge in [-0.1, -0.05) is 68.2 Å². The van der Waals surface area contributed by atoms with Crippen LogP contribution in [0.4, 0.5) is 0 Å². The molecule has 112 valence electrons. The molecular weight excluding hydrogens is 266 g/mol. The van der Waals surface area contributed by atoms with Gasteiger partial charge in [-0.3, -0.25) is 0 Å². The normalized spacial score (nSPS) is 16.8. The Balaban J connectivity index is 1.97. The van der Waals surface area contributed by atoms with Crippen LogP contribution in [0.3, 0.4) is 0 Å². The maximum Gasteiger partial charge on any atom is 0.0591 e. The number of hydrogen-bond acceptors (Lipinski definition) is 1. The third-order valence-corrected chi connectivity index (χ3v) is 4.11. The van der Waals surface area contributed by atoms with Crippen LogP contribution >= 0.6 is 0 Å². The molecule has 0 radical (unpaired) electrons.